The first kappa shape index (κ1) is 21.0. The minimum Gasteiger partial charge on any atom is -0.480 e. The number of carboxylic acid groups (broad SMARTS) is 1. The predicted molar refractivity (Wildman–Crippen MR) is 99.7 cm³/mol. The van der Waals surface area contributed by atoms with Crippen molar-refractivity contribution in [1.82, 2.24) is 10.2 Å². The van der Waals surface area contributed by atoms with Crippen molar-refractivity contribution in [2.45, 2.75) is 33.2 Å². The van der Waals surface area contributed by atoms with E-state index >= 15 is 0 Å². The normalized spacial score (nSPS) is 11.8. The molecule has 1 atom stereocenters. The second-order valence-electron chi connectivity index (χ2n) is 6.07. The Kier molecular flexibility index (Phi) is 9.05. The number of hydrogen-bond acceptors (Lipinski definition) is 4. The molecular weight excluding hydrogens is 340 g/mol. The molecule has 7 heteroatoms. The van der Waals surface area contributed by atoms with Gasteiger partial charge in [-0.3, -0.25) is 4.79 Å². The fourth-order valence-electron chi connectivity index (χ4n) is 2.26. The van der Waals surface area contributed by atoms with E-state index in [9.17, 15) is 19.5 Å². The van der Waals surface area contributed by atoms with E-state index in [0.717, 1.165) is 17.3 Å². The highest BCUT2D eigenvalue weighted by Gasteiger charge is 2.25. The third-order valence-corrected chi connectivity index (χ3v) is 4.47. The average molecular weight is 366 g/mol. The van der Waals surface area contributed by atoms with Gasteiger partial charge in [0.25, 0.3) is 0 Å². The molecule has 1 aromatic rings. The Balaban J connectivity index is 2.72. The van der Waals surface area contributed by atoms with Crippen LogP contribution < -0.4 is 5.32 Å². The molecule has 0 unspecified atom stereocenters. The Hall–Kier alpha value is -2.02. The van der Waals surface area contributed by atoms with E-state index < -0.39 is 18.0 Å². The van der Waals surface area contributed by atoms with Gasteiger partial charge in [0.2, 0.25) is 0 Å². The van der Waals surface area contributed by atoms with Gasteiger partial charge in [-0.2, -0.15) is 0 Å². The molecule has 0 radical (unpaired) electrons. The van der Waals surface area contributed by atoms with Crippen molar-refractivity contribution in [3.63, 3.8) is 0 Å². The highest BCUT2D eigenvalue weighted by molar-refractivity contribution is 8.13. The van der Waals surface area contributed by atoms with Crippen LogP contribution in [0.2, 0.25) is 0 Å². The second-order valence-corrected chi connectivity index (χ2v) is 7.34. The molecule has 0 aliphatic rings. The first-order chi connectivity index (χ1) is 11.8. The number of carbonyl (C=O) groups excluding carboxylic acids is 2. The van der Waals surface area contributed by atoms with E-state index in [4.69, 9.17) is 0 Å². The third-order valence-electron chi connectivity index (χ3n) is 3.68. The maximum atomic E-state index is 12.5. The van der Waals surface area contributed by atoms with Crippen LogP contribution >= 0.6 is 11.8 Å². The van der Waals surface area contributed by atoms with E-state index in [1.165, 1.54) is 6.92 Å². The van der Waals surface area contributed by atoms with Crippen LogP contribution in [0.4, 0.5) is 4.79 Å². The van der Waals surface area contributed by atoms with Crippen molar-refractivity contribution in [2.24, 2.45) is 5.92 Å². The third kappa shape index (κ3) is 8.07. The van der Waals surface area contributed by atoms with Gasteiger partial charge >= 0.3 is 12.0 Å². The number of nitrogens with one attached hydrogen (secondary N) is 1. The molecule has 0 spiro atoms. The summed E-state index contributed by atoms with van der Waals surface area (Å²) in [7, 11) is 0. The number of urea groups is 1. The Morgan fingerprint density at radius 3 is 2.32 bits per heavy atom. The number of thioether (sulfide) groups is 1. The first-order valence-electron chi connectivity index (χ1n) is 8.26. The monoisotopic (exact) mass is 366 g/mol. The van der Waals surface area contributed by atoms with Gasteiger partial charge in [0, 0.05) is 25.8 Å². The molecule has 25 heavy (non-hydrogen) atoms. The topological polar surface area (TPSA) is 86.7 Å². The molecule has 2 amide bonds. The Morgan fingerprint density at radius 1 is 1.16 bits per heavy atom. The number of carboxylic acids is 1. The molecule has 6 nitrogen and oxygen atoms in total. The van der Waals surface area contributed by atoms with Gasteiger partial charge in [0.15, 0.2) is 5.12 Å². The zero-order chi connectivity index (χ0) is 18.8. The number of rotatable bonds is 9. The number of aliphatic carboxylic acids is 1. The van der Waals surface area contributed by atoms with E-state index in [0.29, 0.717) is 25.3 Å². The van der Waals surface area contributed by atoms with Crippen LogP contribution in [0, 0.1) is 5.92 Å². The molecule has 0 aliphatic heterocycles. The van der Waals surface area contributed by atoms with E-state index in [1.54, 1.807) is 18.7 Å². The van der Waals surface area contributed by atoms with E-state index in [-0.39, 0.29) is 11.0 Å². The predicted octanol–water partition coefficient (Wildman–Crippen LogP) is 2.63. The van der Waals surface area contributed by atoms with Crippen LogP contribution in [0.25, 0.3) is 0 Å². The summed E-state index contributed by atoms with van der Waals surface area (Å²) >= 11 is 1.15. The number of benzene rings is 1. The van der Waals surface area contributed by atoms with Gasteiger partial charge in [0.1, 0.15) is 6.04 Å². The zero-order valence-corrected chi connectivity index (χ0v) is 15.7. The largest absolute Gasteiger partial charge is 0.480 e. The lowest BCUT2D eigenvalue weighted by Crippen LogP contribution is -2.51. The van der Waals surface area contributed by atoms with Crippen molar-refractivity contribution < 1.29 is 19.5 Å². The van der Waals surface area contributed by atoms with E-state index in [1.807, 2.05) is 30.3 Å². The maximum absolute atomic E-state index is 12.5. The fraction of sp³-hybridized carbons (Fsp3) is 0.500. The molecule has 0 heterocycles. The lowest BCUT2D eigenvalue weighted by atomic mass is 10.1. The van der Waals surface area contributed by atoms with Crippen molar-refractivity contribution in [3.8, 4) is 0 Å². The summed E-state index contributed by atoms with van der Waals surface area (Å²) in [5.41, 5.74) is 1.10. The smallest absolute Gasteiger partial charge is 0.326 e. The average Bonchev–Trinajstić information content (AvgIpc) is 2.55. The molecule has 0 saturated heterocycles. The molecule has 138 valence electrons. The van der Waals surface area contributed by atoms with Crippen molar-refractivity contribution in [2.75, 3.05) is 18.8 Å². The number of hydrogen-bond donors (Lipinski definition) is 2. The van der Waals surface area contributed by atoms with Crippen molar-refractivity contribution in [3.05, 3.63) is 35.9 Å². The SMILES string of the molecule is CC(=O)SCCN(CCc1ccccc1)C(=O)N[C@H](C(=O)O)C(C)C. The summed E-state index contributed by atoms with van der Waals surface area (Å²) < 4.78 is 0. The summed E-state index contributed by atoms with van der Waals surface area (Å²) in [4.78, 5) is 36.5. The van der Waals surface area contributed by atoms with Gasteiger partial charge in [-0.25, -0.2) is 9.59 Å². The number of amides is 2. The molecule has 2 N–H and O–H groups in total. The number of nitrogens with zero attached hydrogens (tertiary/aromatic N) is 1. The van der Waals surface area contributed by atoms with Gasteiger partial charge in [-0.05, 0) is 17.9 Å². The summed E-state index contributed by atoms with van der Waals surface area (Å²) in [5, 5.41) is 11.8. The Bertz CT molecular complexity index is 578. The van der Waals surface area contributed by atoms with Gasteiger partial charge < -0.3 is 15.3 Å². The molecular formula is C18H26N2O4S. The minimum atomic E-state index is -1.05. The quantitative estimate of drug-likeness (QED) is 0.702. The summed E-state index contributed by atoms with van der Waals surface area (Å²) in [6.07, 6.45) is 0.665. The molecule has 0 bridgehead atoms. The molecule has 0 aliphatic carbocycles. The molecule has 1 aromatic carbocycles. The van der Waals surface area contributed by atoms with Crippen LogP contribution in [0.5, 0.6) is 0 Å². The summed E-state index contributed by atoms with van der Waals surface area (Å²) in [5.74, 6) is -0.787. The van der Waals surface area contributed by atoms with Gasteiger partial charge in [0.05, 0.1) is 0 Å². The molecule has 1 rings (SSSR count). The lowest BCUT2D eigenvalue weighted by molar-refractivity contribution is -0.140. The van der Waals surface area contributed by atoms with E-state index in [2.05, 4.69) is 5.32 Å². The lowest BCUT2D eigenvalue weighted by Gasteiger charge is -2.26. The Labute approximate surface area is 153 Å². The van der Waals surface area contributed by atoms with Gasteiger partial charge in [-0.15, -0.1) is 0 Å². The van der Waals surface area contributed by atoms with Crippen LogP contribution in [0.15, 0.2) is 30.3 Å². The maximum Gasteiger partial charge on any atom is 0.326 e. The van der Waals surface area contributed by atoms with Crippen molar-refractivity contribution in [1.29, 1.82) is 0 Å². The summed E-state index contributed by atoms with van der Waals surface area (Å²) in [6, 6.07) is 8.41. The molecule has 0 aromatic heterocycles. The first-order valence-corrected chi connectivity index (χ1v) is 9.25. The highest BCUT2D eigenvalue weighted by atomic mass is 32.2. The number of carbonyl (C=O) groups is 3. The Morgan fingerprint density at radius 2 is 1.80 bits per heavy atom. The van der Waals surface area contributed by atoms with Crippen molar-refractivity contribution >= 4 is 28.9 Å². The molecule has 0 saturated carbocycles. The summed E-state index contributed by atoms with van der Waals surface area (Å²) in [6.45, 7) is 5.82. The van der Waals surface area contributed by atoms with Gasteiger partial charge in [-0.1, -0.05) is 55.9 Å². The minimum absolute atomic E-state index is 0.00555. The van der Waals surface area contributed by atoms with Crippen LogP contribution in [0.3, 0.4) is 0 Å². The zero-order valence-electron chi connectivity index (χ0n) is 14.9. The fourth-order valence-corrected chi connectivity index (χ4v) is 2.86. The van der Waals surface area contributed by atoms with Crippen LogP contribution in [-0.2, 0) is 16.0 Å². The van der Waals surface area contributed by atoms with Crippen LogP contribution in [-0.4, -0.2) is 52.0 Å². The van der Waals surface area contributed by atoms with Crippen LogP contribution in [0.1, 0.15) is 26.3 Å². The highest BCUT2D eigenvalue weighted by Crippen LogP contribution is 2.08. The molecule has 0 fully saturated rings. The standard InChI is InChI=1S/C18H26N2O4S/c1-13(2)16(17(22)23)19-18(24)20(11-12-25-14(3)21)10-9-15-7-5-4-6-8-15/h4-8,13,16H,9-12H2,1-3H3,(H,19,24)(H,22,23)/t16-/m0/s1. The second kappa shape index (κ2) is 10.8.